The van der Waals surface area contributed by atoms with Crippen LogP contribution in [-0.4, -0.2) is 17.7 Å². The molecule has 0 fully saturated rings. The van der Waals surface area contributed by atoms with E-state index in [4.69, 9.17) is 4.74 Å². The van der Waals surface area contributed by atoms with E-state index in [0.29, 0.717) is 13.0 Å². The average molecular weight is 282 g/mol. The molecular weight excluding hydrogens is 264 g/mol. The van der Waals surface area contributed by atoms with E-state index in [1.165, 1.54) is 0 Å². The molecule has 0 aromatic heterocycles. The molecule has 0 heterocycles. The van der Waals surface area contributed by atoms with Crippen molar-refractivity contribution in [1.82, 2.24) is 0 Å². The van der Waals surface area contributed by atoms with E-state index in [0.717, 1.165) is 11.3 Å². The third-order valence-corrected chi connectivity index (χ3v) is 3.32. The number of ether oxygens (including phenoxy) is 1. The summed E-state index contributed by atoms with van der Waals surface area (Å²) in [6, 6.07) is 19.0. The van der Waals surface area contributed by atoms with Crippen molar-refractivity contribution in [2.75, 3.05) is 6.61 Å². The van der Waals surface area contributed by atoms with Crippen LogP contribution in [0.4, 0.5) is 0 Å². The van der Waals surface area contributed by atoms with Crippen molar-refractivity contribution in [3.05, 3.63) is 78.4 Å². The summed E-state index contributed by atoms with van der Waals surface area (Å²) in [5, 5.41) is 9.19. The molecule has 0 saturated heterocycles. The number of benzene rings is 2. The lowest BCUT2D eigenvalue weighted by molar-refractivity contribution is -0.133. The molecule has 108 valence electrons. The minimum absolute atomic E-state index is 0.192. The SMILES string of the molecule is C=C(C(=O)O)C(CCOc1ccccc1)c1ccccc1. The van der Waals surface area contributed by atoms with E-state index in [9.17, 15) is 9.90 Å². The Bertz CT molecular complexity index is 590. The molecule has 0 radical (unpaired) electrons. The Hall–Kier alpha value is -2.55. The molecule has 0 aliphatic heterocycles. The maximum Gasteiger partial charge on any atom is 0.331 e. The number of carbonyl (C=O) groups is 1. The van der Waals surface area contributed by atoms with Crippen LogP contribution < -0.4 is 4.74 Å². The summed E-state index contributed by atoms with van der Waals surface area (Å²) in [5.41, 5.74) is 1.14. The smallest absolute Gasteiger partial charge is 0.331 e. The topological polar surface area (TPSA) is 46.5 Å². The summed E-state index contributed by atoms with van der Waals surface area (Å²) in [5.74, 6) is -0.429. The zero-order chi connectivity index (χ0) is 15.1. The number of aliphatic carboxylic acids is 1. The van der Waals surface area contributed by atoms with E-state index in [-0.39, 0.29) is 11.5 Å². The molecule has 1 unspecified atom stereocenters. The molecule has 2 aromatic rings. The van der Waals surface area contributed by atoms with Gasteiger partial charge in [-0.05, 0) is 24.1 Å². The minimum atomic E-state index is -0.969. The van der Waals surface area contributed by atoms with Gasteiger partial charge >= 0.3 is 5.97 Å². The van der Waals surface area contributed by atoms with Crippen LogP contribution in [-0.2, 0) is 4.79 Å². The van der Waals surface area contributed by atoms with E-state index >= 15 is 0 Å². The van der Waals surface area contributed by atoms with Crippen molar-refractivity contribution in [2.45, 2.75) is 12.3 Å². The molecule has 0 aliphatic rings. The van der Waals surface area contributed by atoms with Crippen molar-refractivity contribution < 1.29 is 14.6 Å². The Kier molecular flexibility index (Phi) is 5.16. The van der Waals surface area contributed by atoms with Gasteiger partial charge in [-0.1, -0.05) is 55.1 Å². The fraction of sp³-hybridized carbons (Fsp3) is 0.167. The van der Waals surface area contributed by atoms with Crippen LogP contribution in [0.25, 0.3) is 0 Å². The predicted octanol–water partition coefficient (Wildman–Crippen LogP) is 3.88. The Balaban J connectivity index is 2.03. The van der Waals surface area contributed by atoms with Crippen molar-refractivity contribution in [1.29, 1.82) is 0 Å². The van der Waals surface area contributed by atoms with Crippen LogP contribution in [0.15, 0.2) is 72.8 Å². The maximum atomic E-state index is 11.2. The van der Waals surface area contributed by atoms with Crippen molar-refractivity contribution in [3.8, 4) is 5.75 Å². The summed E-state index contributed by atoms with van der Waals surface area (Å²) in [6.45, 7) is 4.14. The van der Waals surface area contributed by atoms with Gasteiger partial charge in [-0.2, -0.15) is 0 Å². The van der Waals surface area contributed by atoms with E-state index in [1.54, 1.807) is 0 Å². The highest BCUT2D eigenvalue weighted by atomic mass is 16.5. The lowest BCUT2D eigenvalue weighted by atomic mass is 9.89. The lowest BCUT2D eigenvalue weighted by Crippen LogP contribution is -2.13. The van der Waals surface area contributed by atoms with Gasteiger partial charge in [0.2, 0.25) is 0 Å². The third-order valence-electron chi connectivity index (χ3n) is 3.32. The Morgan fingerprint density at radius 1 is 1.05 bits per heavy atom. The minimum Gasteiger partial charge on any atom is -0.494 e. The second kappa shape index (κ2) is 7.29. The molecular formula is C18H18O3. The highest BCUT2D eigenvalue weighted by molar-refractivity contribution is 5.87. The molecule has 0 spiro atoms. The zero-order valence-electron chi connectivity index (χ0n) is 11.7. The van der Waals surface area contributed by atoms with Crippen LogP contribution in [0.5, 0.6) is 5.75 Å². The van der Waals surface area contributed by atoms with Crippen LogP contribution in [0.2, 0.25) is 0 Å². The van der Waals surface area contributed by atoms with Crippen molar-refractivity contribution in [2.24, 2.45) is 0 Å². The summed E-state index contributed by atoms with van der Waals surface area (Å²) in [6.07, 6.45) is 0.573. The average Bonchev–Trinajstić information content (AvgIpc) is 2.53. The third kappa shape index (κ3) is 4.21. The van der Waals surface area contributed by atoms with Gasteiger partial charge in [0, 0.05) is 11.5 Å². The van der Waals surface area contributed by atoms with Crippen LogP contribution >= 0.6 is 0 Å². The summed E-state index contributed by atoms with van der Waals surface area (Å²) in [4.78, 5) is 11.2. The van der Waals surface area contributed by atoms with E-state index in [1.807, 2.05) is 60.7 Å². The van der Waals surface area contributed by atoms with E-state index < -0.39 is 5.97 Å². The number of para-hydroxylation sites is 1. The molecule has 0 saturated carbocycles. The highest BCUT2D eigenvalue weighted by Crippen LogP contribution is 2.27. The summed E-state index contributed by atoms with van der Waals surface area (Å²) < 4.78 is 5.65. The molecule has 0 aliphatic carbocycles. The lowest BCUT2D eigenvalue weighted by Gasteiger charge is -2.18. The first-order chi connectivity index (χ1) is 10.2. The maximum absolute atomic E-state index is 11.2. The molecule has 1 atom stereocenters. The van der Waals surface area contributed by atoms with Gasteiger partial charge in [0.1, 0.15) is 5.75 Å². The van der Waals surface area contributed by atoms with Crippen LogP contribution in [0.1, 0.15) is 17.9 Å². The fourth-order valence-electron chi connectivity index (χ4n) is 2.19. The number of carboxylic acids is 1. The fourth-order valence-corrected chi connectivity index (χ4v) is 2.19. The van der Waals surface area contributed by atoms with Gasteiger partial charge in [-0.15, -0.1) is 0 Å². The highest BCUT2D eigenvalue weighted by Gasteiger charge is 2.20. The quantitative estimate of drug-likeness (QED) is 0.784. The first-order valence-electron chi connectivity index (χ1n) is 6.83. The molecule has 2 aromatic carbocycles. The second-order valence-electron chi connectivity index (χ2n) is 4.74. The van der Waals surface area contributed by atoms with Crippen LogP contribution in [0.3, 0.4) is 0 Å². The monoisotopic (exact) mass is 282 g/mol. The standard InChI is InChI=1S/C18H18O3/c1-14(18(19)20)17(15-8-4-2-5-9-15)12-13-21-16-10-6-3-7-11-16/h2-11,17H,1,12-13H2,(H,19,20). The number of hydrogen-bond acceptors (Lipinski definition) is 2. The number of rotatable bonds is 7. The van der Waals surface area contributed by atoms with Gasteiger partial charge in [0.25, 0.3) is 0 Å². The predicted molar refractivity (Wildman–Crippen MR) is 82.5 cm³/mol. The van der Waals surface area contributed by atoms with Gasteiger partial charge in [0.05, 0.1) is 6.61 Å². The summed E-state index contributed by atoms with van der Waals surface area (Å²) >= 11 is 0. The van der Waals surface area contributed by atoms with Crippen molar-refractivity contribution >= 4 is 5.97 Å². The molecule has 3 nitrogen and oxygen atoms in total. The summed E-state index contributed by atoms with van der Waals surface area (Å²) in [7, 11) is 0. The van der Waals surface area contributed by atoms with Gasteiger partial charge < -0.3 is 9.84 Å². The Labute approximate surface area is 124 Å². The first-order valence-corrected chi connectivity index (χ1v) is 6.83. The molecule has 2 rings (SSSR count). The number of carboxylic acid groups (broad SMARTS) is 1. The molecule has 0 amide bonds. The van der Waals surface area contributed by atoms with E-state index in [2.05, 4.69) is 6.58 Å². The Morgan fingerprint density at radius 3 is 2.19 bits per heavy atom. The Morgan fingerprint density at radius 2 is 1.62 bits per heavy atom. The normalized spacial score (nSPS) is 11.6. The first kappa shape index (κ1) is 14.9. The van der Waals surface area contributed by atoms with Gasteiger partial charge in [-0.25, -0.2) is 4.79 Å². The second-order valence-corrected chi connectivity index (χ2v) is 4.74. The largest absolute Gasteiger partial charge is 0.494 e. The van der Waals surface area contributed by atoms with Crippen LogP contribution in [0, 0.1) is 0 Å². The van der Waals surface area contributed by atoms with Crippen molar-refractivity contribution in [3.63, 3.8) is 0 Å². The molecule has 0 bridgehead atoms. The van der Waals surface area contributed by atoms with Gasteiger partial charge in [-0.3, -0.25) is 0 Å². The molecule has 21 heavy (non-hydrogen) atoms. The molecule has 3 heteroatoms. The zero-order valence-corrected chi connectivity index (χ0v) is 11.7. The molecule has 1 N–H and O–H groups in total. The van der Waals surface area contributed by atoms with Gasteiger partial charge in [0.15, 0.2) is 0 Å². The number of hydrogen-bond donors (Lipinski definition) is 1.